The third-order valence-corrected chi connectivity index (χ3v) is 4.01. The molecule has 4 heteroatoms. The number of carbonyl (C=O) groups is 1. The molecular formula is C15H22N2O2. The van der Waals surface area contributed by atoms with Crippen LogP contribution in [-0.4, -0.2) is 24.1 Å². The number of nitrogens with two attached hydrogens (primary N) is 1. The maximum atomic E-state index is 11.9. The zero-order valence-electron chi connectivity index (χ0n) is 11.9. The molecule has 2 rings (SSSR count). The molecule has 1 aliphatic heterocycles. The Hall–Kier alpha value is -1.39. The van der Waals surface area contributed by atoms with Crippen LogP contribution in [0, 0.1) is 13.8 Å². The molecule has 0 aliphatic carbocycles. The van der Waals surface area contributed by atoms with Gasteiger partial charge >= 0.3 is 0 Å². The second kappa shape index (κ2) is 4.94. The Morgan fingerprint density at radius 2 is 2.05 bits per heavy atom. The molecule has 0 spiro atoms. The van der Waals surface area contributed by atoms with Gasteiger partial charge in [-0.1, -0.05) is 12.1 Å². The molecule has 1 aromatic rings. The molecular weight excluding hydrogens is 240 g/mol. The van der Waals surface area contributed by atoms with Gasteiger partial charge in [0.2, 0.25) is 5.91 Å². The Balaban J connectivity index is 2.74. The number of hydrogen-bond donors (Lipinski definition) is 2. The highest BCUT2D eigenvalue weighted by Gasteiger charge is 2.37. The third-order valence-electron chi connectivity index (χ3n) is 4.01. The first kappa shape index (κ1) is 14.0. The van der Waals surface area contributed by atoms with Crippen LogP contribution in [0.4, 0.5) is 5.69 Å². The van der Waals surface area contributed by atoms with Crippen molar-refractivity contribution in [2.24, 2.45) is 5.73 Å². The average Bonchev–Trinajstić information content (AvgIpc) is 2.52. The predicted molar refractivity (Wildman–Crippen MR) is 76.1 cm³/mol. The van der Waals surface area contributed by atoms with Crippen molar-refractivity contribution in [3.63, 3.8) is 0 Å². The summed E-state index contributed by atoms with van der Waals surface area (Å²) >= 11 is 0. The second-order valence-corrected chi connectivity index (χ2v) is 5.43. The number of fused-ring (bicyclic) bond motifs is 1. The van der Waals surface area contributed by atoms with Crippen LogP contribution in [0.1, 0.15) is 36.5 Å². The van der Waals surface area contributed by atoms with Crippen molar-refractivity contribution in [3.05, 3.63) is 28.8 Å². The van der Waals surface area contributed by atoms with E-state index in [1.165, 1.54) is 0 Å². The minimum Gasteiger partial charge on any atom is -0.384 e. The van der Waals surface area contributed by atoms with Gasteiger partial charge in [-0.2, -0.15) is 0 Å². The molecule has 1 amide bonds. The lowest BCUT2D eigenvalue weighted by molar-refractivity contribution is -0.116. The van der Waals surface area contributed by atoms with E-state index in [4.69, 9.17) is 5.73 Å². The fraction of sp³-hybridized carbons (Fsp3) is 0.533. The van der Waals surface area contributed by atoms with Crippen molar-refractivity contribution in [1.82, 2.24) is 0 Å². The Kier molecular flexibility index (Phi) is 3.65. The molecule has 0 radical (unpaired) electrons. The summed E-state index contributed by atoms with van der Waals surface area (Å²) in [5, 5.41) is 10.9. The number of aliphatic hydroxyl groups is 1. The summed E-state index contributed by atoms with van der Waals surface area (Å²) < 4.78 is 0. The molecule has 0 fully saturated rings. The van der Waals surface area contributed by atoms with E-state index in [0.29, 0.717) is 13.0 Å². The molecule has 0 bridgehead atoms. The summed E-state index contributed by atoms with van der Waals surface area (Å²) in [6.45, 7) is 6.31. The van der Waals surface area contributed by atoms with Crippen LogP contribution in [-0.2, 0) is 10.4 Å². The van der Waals surface area contributed by atoms with Gasteiger partial charge in [-0.15, -0.1) is 0 Å². The number of amides is 1. The first-order chi connectivity index (χ1) is 8.90. The number of hydrogen-bond acceptors (Lipinski definition) is 3. The average molecular weight is 262 g/mol. The van der Waals surface area contributed by atoms with Crippen molar-refractivity contribution in [2.75, 3.05) is 18.0 Å². The molecule has 104 valence electrons. The van der Waals surface area contributed by atoms with Crippen LogP contribution in [0.3, 0.4) is 0 Å². The molecule has 0 aromatic heterocycles. The molecule has 1 unspecified atom stereocenters. The zero-order valence-corrected chi connectivity index (χ0v) is 11.9. The lowest BCUT2D eigenvalue weighted by Gasteiger charge is -2.31. The summed E-state index contributed by atoms with van der Waals surface area (Å²) in [5.74, 6) is 0.0104. The van der Waals surface area contributed by atoms with E-state index in [1.54, 1.807) is 11.8 Å². The lowest BCUT2D eigenvalue weighted by Crippen LogP contribution is -2.36. The van der Waals surface area contributed by atoms with E-state index in [1.807, 2.05) is 26.0 Å². The van der Waals surface area contributed by atoms with E-state index in [2.05, 4.69) is 0 Å². The number of benzene rings is 1. The number of carbonyl (C=O) groups excluding carboxylic acids is 1. The van der Waals surface area contributed by atoms with E-state index in [9.17, 15) is 9.90 Å². The summed E-state index contributed by atoms with van der Waals surface area (Å²) in [7, 11) is 0. The molecule has 1 aliphatic rings. The monoisotopic (exact) mass is 262 g/mol. The maximum Gasteiger partial charge on any atom is 0.223 e. The van der Waals surface area contributed by atoms with Crippen LogP contribution in [0.15, 0.2) is 12.1 Å². The molecule has 3 N–H and O–H groups in total. The van der Waals surface area contributed by atoms with Crippen molar-refractivity contribution in [1.29, 1.82) is 0 Å². The summed E-state index contributed by atoms with van der Waals surface area (Å²) in [4.78, 5) is 13.7. The SMILES string of the molecule is CC(=O)N1CCCC(O)(CN)c2c(C)ccc(C)c21. The quantitative estimate of drug-likeness (QED) is 0.808. The van der Waals surface area contributed by atoms with Crippen LogP contribution >= 0.6 is 0 Å². The van der Waals surface area contributed by atoms with Crippen LogP contribution in [0.25, 0.3) is 0 Å². The minimum atomic E-state index is -1.03. The fourth-order valence-corrected chi connectivity index (χ4v) is 3.02. The third kappa shape index (κ3) is 2.26. The molecule has 1 atom stereocenters. The Morgan fingerprint density at radius 1 is 1.42 bits per heavy atom. The van der Waals surface area contributed by atoms with Crippen molar-refractivity contribution >= 4 is 11.6 Å². The van der Waals surface area contributed by atoms with E-state index < -0.39 is 5.60 Å². The summed E-state index contributed by atoms with van der Waals surface area (Å²) in [6, 6.07) is 3.98. The highest BCUT2D eigenvalue weighted by atomic mass is 16.3. The summed E-state index contributed by atoms with van der Waals surface area (Å²) in [6.07, 6.45) is 1.34. The maximum absolute atomic E-state index is 11.9. The standard InChI is InChI=1S/C15H22N2O2/c1-10-5-6-11(2)14-13(10)15(19,9-16)7-4-8-17(14)12(3)18/h5-6,19H,4,7-9,16H2,1-3H3. The predicted octanol–water partition coefficient (Wildman–Crippen LogP) is 1.60. The van der Waals surface area contributed by atoms with Gasteiger partial charge in [0.25, 0.3) is 0 Å². The fourth-order valence-electron chi connectivity index (χ4n) is 3.02. The second-order valence-electron chi connectivity index (χ2n) is 5.43. The van der Waals surface area contributed by atoms with Crippen molar-refractivity contribution in [2.45, 2.75) is 39.2 Å². The van der Waals surface area contributed by atoms with Crippen molar-refractivity contribution < 1.29 is 9.90 Å². The van der Waals surface area contributed by atoms with Gasteiger partial charge in [0.15, 0.2) is 0 Å². The van der Waals surface area contributed by atoms with Crippen LogP contribution in [0.5, 0.6) is 0 Å². The van der Waals surface area contributed by atoms with Gasteiger partial charge < -0.3 is 15.7 Å². The van der Waals surface area contributed by atoms with Gasteiger partial charge in [-0.25, -0.2) is 0 Å². The largest absolute Gasteiger partial charge is 0.384 e. The highest BCUT2D eigenvalue weighted by molar-refractivity contribution is 5.94. The summed E-state index contributed by atoms with van der Waals surface area (Å²) in [5.41, 5.74) is 8.44. The van der Waals surface area contributed by atoms with Crippen molar-refractivity contribution in [3.8, 4) is 0 Å². The number of nitrogens with zero attached hydrogens (tertiary/aromatic N) is 1. The Labute approximate surface area is 114 Å². The molecule has 0 saturated heterocycles. The smallest absolute Gasteiger partial charge is 0.223 e. The minimum absolute atomic E-state index is 0.0104. The molecule has 4 nitrogen and oxygen atoms in total. The van der Waals surface area contributed by atoms with Gasteiger partial charge in [-0.3, -0.25) is 4.79 Å². The van der Waals surface area contributed by atoms with E-state index in [0.717, 1.165) is 28.8 Å². The molecule has 19 heavy (non-hydrogen) atoms. The molecule has 1 heterocycles. The Morgan fingerprint density at radius 3 is 2.63 bits per heavy atom. The first-order valence-electron chi connectivity index (χ1n) is 6.72. The van der Waals surface area contributed by atoms with Crippen LogP contribution in [0.2, 0.25) is 0 Å². The molecule has 1 aromatic carbocycles. The normalized spacial score (nSPS) is 22.9. The Bertz CT molecular complexity index is 513. The highest BCUT2D eigenvalue weighted by Crippen LogP contribution is 2.41. The number of rotatable bonds is 1. The van der Waals surface area contributed by atoms with Gasteiger partial charge in [0.05, 0.1) is 5.69 Å². The van der Waals surface area contributed by atoms with Gasteiger partial charge in [0.1, 0.15) is 5.60 Å². The number of anilines is 1. The lowest BCUT2D eigenvalue weighted by atomic mass is 9.85. The molecule has 0 saturated carbocycles. The number of aryl methyl sites for hydroxylation is 2. The van der Waals surface area contributed by atoms with Gasteiger partial charge in [-0.05, 0) is 37.8 Å². The topological polar surface area (TPSA) is 66.6 Å². The first-order valence-corrected chi connectivity index (χ1v) is 6.72. The zero-order chi connectivity index (χ0) is 14.2. The van der Waals surface area contributed by atoms with E-state index in [-0.39, 0.29) is 12.5 Å². The van der Waals surface area contributed by atoms with Gasteiger partial charge in [0, 0.05) is 25.6 Å². The van der Waals surface area contributed by atoms with E-state index >= 15 is 0 Å². The van der Waals surface area contributed by atoms with Crippen LogP contribution < -0.4 is 10.6 Å².